The summed E-state index contributed by atoms with van der Waals surface area (Å²) in [5.41, 5.74) is 1.35. The molecule has 7 heteroatoms. The molecule has 3 unspecified atom stereocenters. The summed E-state index contributed by atoms with van der Waals surface area (Å²) in [4.78, 5) is 41.9. The maximum absolute atomic E-state index is 13.9. The van der Waals surface area contributed by atoms with Crippen molar-refractivity contribution in [1.29, 1.82) is 0 Å². The van der Waals surface area contributed by atoms with E-state index < -0.39 is 17.5 Å². The van der Waals surface area contributed by atoms with Gasteiger partial charge in [-0.3, -0.25) is 14.4 Å². The summed E-state index contributed by atoms with van der Waals surface area (Å²) < 4.78 is 0. The molecule has 3 N–H and O–H groups in total. The first-order chi connectivity index (χ1) is 17.0. The summed E-state index contributed by atoms with van der Waals surface area (Å²) in [5.74, 6) is 0.0128. The average Bonchev–Trinajstić information content (AvgIpc) is 3.44. The van der Waals surface area contributed by atoms with Crippen LogP contribution in [0, 0.1) is 18.3 Å². The molecule has 2 aromatic carbocycles. The fourth-order valence-electron chi connectivity index (χ4n) is 5.83. The van der Waals surface area contributed by atoms with Crippen LogP contribution in [-0.2, 0) is 9.59 Å². The van der Waals surface area contributed by atoms with Gasteiger partial charge in [-0.25, -0.2) is 0 Å². The topological polar surface area (TPSA) is 90.5 Å². The zero-order chi connectivity index (χ0) is 26.2. The summed E-state index contributed by atoms with van der Waals surface area (Å²) in [6, 6.07) is 10.7. The quantitative estimate of drug-likeness (QED) is 0.577. The third kappa shape index (κ3) is 4.99. The standard InChI is InChI=1S/C29H40N4O3/c1-17-11-13-22(21-10-8-7-9-20(17)21)27(35)31-23-14-12-19-15-16-33(24(19)23)28(36)25(29(3,4)5)32-26(34)18(2)30-6/h7-11,13,18-19,23-25,30H,12,14-16H2,1-6H3,(H,31,35)(H,32,34)/t18-,19?,23?,24?,25+/m0/s1. The Morgan fingerprint density at radius 2 is 1.69 bits per heavy atom. The number of hydrogen-bond donors (Lipinski definition) is 3. The number of likely N-dealkylation sites (N-methyl/N-ethyl adjacent to an activating group) is 1. The predicted molar refractivity (Wildman–Crippen MR) is 143 cm³/mol. The van der Waals surface area contributed by atoms with Crippen molar-refractivity contribution in [1.82, 2.24) is 20.9 Å². The zero-order valence-electron chi connectivity index (χ0n) is 22.4. The normalized spacial score (nSPS) is 23.3. The summed E-state index contributed by atoms with van der Waals surface area (Å²) in [7, 11) is 1.73. The van der Waals surface area contributed by atoms with Crippen LogP contribution < -0.4 is 16.0 Å². The van der Waals surface area contributed by atoms with Gasteiger partial charge in [0, 0.05) is 18.2 Å². The zero-order valence-corrected chi connectivity index (χ0v) is 22.4. The number of hydrogen-bond acceptors (Lipinski definition) is 4. The molecule has 4 rings (SSSR count). The first kappa shape index (κ1) is 26.1. The largest absolute Gasteiger partial charge is 0.347 e. The molecular formula is C29H40N4O3. The van der Waals surface area contributed by atoms with Crippen LogP contribution in [0.25, 0.3) is 10.8 Å². The molecule has 0 spiro atoms. The van der Waals surface area contributed by atoms with Gasteiger partial charge in [0.25, 0.3) is 5.91 Å². The molecule has 2 aromatic rings. The van der Waals surface area contributed by atoms with Crippen LogP contribution in [0.5, 0.6) is 0 Å². The van der Waals surface area contributed by atoms with Crippen LogP contribution in [0.2, 0.25) is 0 Å². The van der Waals surface area contributed by atoms with Crippen molar-refractivity contribution in [2.45, 2.75) is 78.0 Å². The number of benzene rings is 2. The molecular weight excluding hydrogens is 452 g/mol. The van der Waals surface area contributed by atoms with Gasteiger partial charge in [0.2, 0.25) is 11.8 Å². The average molecular weight is 493 g/mol. The van der Waals surface area contributed by atoms with Gasteiger partial charge >= 0.3 is 0 Å². The van der Waals surface area contributed by atoms with Crippen molar-refractivity contribution in [2.24, 2.45) is 11.3 Å². The van der Waals surface area contributed by atoms with E-state index in [1.54, 1.807) is 14.0 Å². The molecule has 5 atom stereocenters. The van der Waals surface area contributed by atoms with E-state index in [4.69, 9.17) is 0 Å². The van der Waals surface area contributed by atoms with E-state index in [0.717, 1.165) is 35.6 Å². The number of nitrogens with zero attached hydrogens (tertiary/aromatic N) is 1. The number of carbonyl (C=O) groups is 3. The minimum atomic E-state index is -0.641. The van der Waals surface area contributed by atoms with Crippen LogP contribution in [0.15, 0.2) is 36.4 Å². The summed E-state index contributed by atoms with van der Waals surface area (Å²) >= 11 is 0. The highest BCUT2D eigenvalue weighted by molar-refractivity contribution is 6.08. The second kappa shape index (κ2) is 10.2. The highest BCUT2D eigenvalue weighted by atomic mass is 16.2. The maximum atomic E-state index is 13.9. The summed E-state index contributed by atoms with van der Waals surface area (Å²) in [6.07, 6.45) is 2.75. The van der Waals surface area contributed by atoms with E-state index in [1.165, 1.54) is 0 Å². The van der Waals surface area contributed by atoms with Gasteiger partial charge in [0.1, 0.15) is 6.04 Å². The molecule has 3 amide bonds. The molecule has 194 valence electrons. The van der Waals surface area contributed by atoms with E-state index >= 15 is 0 Å². The number of amides is 3. The highest BCUT2D eigenvalue weighted by Gasteiger charge is 2.49. The lowest BCUT2D eigenvalue weighted by Crippen LogP contribution is -2.60. The van der Waals surface area contributed by atoms with E-state index in [-0.39, 0.29) is 29.8 Å². The number of nitrogens with one attached hydrogen (secondary N) is 3. The van der Waals surface area contributed by atoms with Crippen LogP contribution in [0.1, 0.15) is 62.9 Å². The minimum Gasteiger partial charge on any atom is -0.347 e. The fourth-order valence-corrected chi connectivity index (χ4v) is 5.83. The Balaban J connectivity index is 1.55. The Hall–Kier alpha value is -2.93. The van der Waals surface area contributed by atoms with E-state index in [2.05, 4.69) is 22.9 Å². The predicted octanol–water partition coefficient (Wildman–Crippen LogP) is 3.40. The van der Waals surface area contributed by atoms with Gasteiger partial charge in [-0.2, -0.15) is 0 Å². The Labute approximate surface area is 214 Å². The fraction of sp³-hybridized carbons (Fsp3) is 0.552. The van der Waals surface area contributed by atoms with Crippen molar-refractivity contribution in [3.63, 3.8) is 0 Å². The maximum Gasteiger partial charge on any atom is 0.252 e. The SMILES string of the molecule is CN[C@@H](C)C(=O)N[C@H](C(=O)N1CCC2CCC(NC(=O)c3ccc(C)c4ccccc34)C21)C(C)(C)C. The molecule has 1 saturated carbocycles. The molecule has 1 heterocycles. The van der Waals surface area contributed by atoms with Gasteiger partial charge in [-0.1, -0.05) is 51.1 Å². The third-order valence-corrected chi connectivity index (χ3v) is 8.06. The molecule has 2 fully saturated rings. The highest BCUT2D eigenvalue weighted by Crippen LogP contribution is 2.39. The van der Waals surface area contributed by atoms with E-state index in [1.807, 2.05) is 62.1 Å². The lowest BCUT2D eigenvalue weighted by molar-refractivity contribution is -0.141. The molecule has 36 heavy (non-hydrogen) atoms. The number of rotatable bonds is 6. The summed E-state index contributed by atoms with van der Waals surface area (Å²) in [6.45, 7) is 10.4. The number of likely N-dealkylation sites (tertiary alicyclic amines) is 1. The van der Waals surface area contributed by atoms with Crippen molar-refractivity contribution in [3.05, 3.63) is 47.5 Å². The van der Waals surface area contributed by atoms with E-state index in [9.17, 15) is 14.4 Å². The summed E-state index contributed by atoms with van der Waals surface area (Å²) in [5, 5.41) is 11.2. The number of fused-ring (bicyclic) bond motifs is 2. The lowest BCUT2D eigenvalue weighted by atomic mass is 9.85. The molecule has 1 aliphatic heterocycles. The van der Waals surface area contributed by atoms with Gasteiger partial charge < -0.3 is 20.9 Å². The molecule has 0 bridgehead atoms. The Morgan fingerprint density at radius 1 is 1.00 bits per heavy atom. The van der Waals surface area contributed by atoms with Crippen LogP contribution in [0.3, 0.4) is 0 Å². The van der Waals surface area contributed by atoms with E-state index in [0.29, 0.717) is 18.0 Å². The van der Waals surface area contributed by atoms with Crippen molar-refractivity contribution in [2.75, 3.05) is 13.6 Å². The number of carbonyl (C=O) groups excluding carboxylic acids is 3. The van der Waals surface area contributed by atoms with Gasteiger partial charge in [0.05, 0.1) is 12.1 Å². The van der Waals surface area contributed by atoms with Gasteiger partial charge in [-0.15, -0.1) is 0 Å². The Bertz CT molecular complexity index is 1150. The molecule has 7 nitrogen and oxygen atoms in total. The molecule has 2 aliphatic rings. The Morgan fingerprint density at radius 3 is 2.36 bits per heavy atom. The molecule has 1 saturated heterocycles. The van der Waals surface area contributed by atoms with Crippen molar-refractivity contribution < 1.29 is 14.4 Å². The second-order valence-electron chi connectivity index (χ2n) is 11.5. The van der Waals surface area contributed by atoms with Gasteiger partial charge in [-0.05, 0) is 73.9 Å². The van der Waals surface area contributed by atoms with Crippen molar-refractivity contribution >= 4 is 28.5 Å². The molecule has 0 radical (unpaired) electrons. The smallest absolute Gasteiger partial charge is 0.252 e. The van der Waals surface area contributed by atoms with Crippen LogP contribution >= 0.6 is 0 Å². The van der Waals surface area contributed by atoms with Crippen LogP contribution in [0.4, 0.5) is 0 Å². The minimum absolute atomic E-state index is 0.0540. The van der Waals surface area contributed by atoms with Crippen LogP contribution in [-0.4, -0.2) is 60.4 Å². The lowest BCUT2D eigenvalue weighted by Gasteiger charge is -2.38. The number of aryl methyl sites for hydroxylation is 1. The van der Waals surface area contributed by atoms with Crippen molar-refractivity contribution in [3.8, 4) is 0 Å². The first-order valence-corrected chi connectivity index (χ1v) is 13.1. The Kier molecular flexibility index (Phi) is 7.41. The molecule has 0 aromatic heterocycles. The second-order valence-corrected chi connectivity index (χ2v) is 11.5. The third-order valence-electron chi connectivity index (χ3n) is 8.06. The first-order valence-electron chi connectivity index (χ1n) is 13.1. The monoisotopic (exact) mass is 492 g/mol. The molecule has 1 aliphatic carbocycles. The van der Waals surface area contributed by atoms with Gasteiger partial charge in [0.15, 0.2) is 0 Å².